The van der Waals surface area contributed by atoms with E-state index >= 15 is 0 Å². The standard InChI is InChI=1S/C21H18F2O3S/c22-21(23,27(25,26)19-9-5-2-6-10-19)20(24)15-18(14-13-16-11-12-16)17-7-3-1-4-8-17/h1-10,16,18H,11-12,15H2/t18-/m1/s1. The van der Waals surface area contributed by atoms with Gasteiger partial charge in [-0.1, -0.05) is 60.4 Å². The van der Waals surface area contributed by atoms with E-state index in [-0.39, 0.29) is 5.92 Å². The summed E-state index contributed by atoms with van der Waals surface area (Å²) in [6.45, 7) is 0. The van der Waals surface area contributed by atoms with Gasteiger partial charge in [-0.05, 0) is 30.5 Å². The molecule has 0 saturated heterocycles. The third-order valence-corrected chi connectivity index (χ3v) is 6.14. The number of sulfone groups is 1. The molecule has 0 aliphatic heterocycles. The highest BCUT2D eigenvalue weighted by molar-refractivity contribution is 7.93. The van der Waals surface area contributed by atoms with Gasteiger partial charge in [-0.2, -0.15) is 8.78 Å². The van der Waals surface area contributed by atoms with Crippen LogP contribution in [0.2, 0.25) is 0 Å². The first kappa shape index (κ1) is 19.2. The van der Waals surface area contributed by atoms with Gasteiger partial charge in [0.2, 0.25) is 5.78 Å². The van der Waals surface area contributed by atoms with Crippen LogP contribution in [-0.2, 0) is 14.6 Å². The zero-order valence-electron chi connectivity index (χ0n) is 14.4. The van der Waals surface area contributed by atoms with Gasteiger partial charge in [0.05, 0.1) is 10.8 Å². The van der Waals surface area contributed by atoms with E-state index in [1.54, 1.807) is 30.3 Å². The molecule has 1 atom stereocenters. The lowest BCUT2D eigenvalue weighted by Gasteiger charge is -2.18. The van der Waals surface area contributed by atoms with Crippen LogP contribution in [0.15, 0.2) is 65.6 Å². The minimum atomic E-state index is -5.12. The summed E-state index contributed by atoms with van der Waals surface area (Å²) in [5.41, 5.74) is 0.618. The summed E-state index contributed by atoms with van der Waals surface area (Å²) >= 11 is 0. The molecule has 1 aliphatic rings. The average Bonchev–Trinajstić information content (AvgIpc) is 3.50. The van der Waals surface area contributed by atoms with Gasteiger partial charge in [0.15, 0.2) is 0 Å². The molecule has 0 N–H and O–H groups in total. The topological polar surface area (TPSA) is 51.2 Å². The zero-order chi connectivity index (χ0) is 19.5. The zero-order valence-corrected chi connectivity index (χ0v) is 15.3. The maximum atomic E-state index is 14.6. The van der Waals surface area contributed by atoms with Crippen LogP contribution in [0.1, 0.15) is 30.7 Å². The molecule has 0 aromatic heterocycles. The van der Waals surface area contributed by atoms with Crippen LogP contribution in [-0.4, -0.2) is 19.5 Å². The summed E-state index contributed by atoms with van der Waals surface area (Å²) in [5, 5.41) is -4.51. The fourth-order valence-electron chi connectivity index (χ4n) is 2.59. The minimum absolute atomic E-state index is 0.236. The second-order valence-corrected chi connectivity index (χ2v) is 8.48. The third kappa shape index (κ3) is 4.25. The highest BCUT2D eigenvalue weighted by Crippen LogP contribution is 2.34. The van der Waals surface area contributed by atoms with Gasteiger partial charge in [0.1, 0.15) is 0 Å². The Kier molecular flexibility index (Phi) is 5.43. The Hall–Kier alpha value is -2.52. The summed E-state index contributed by atoms with van der Waals surface area (Å²) in [5.74, 6) is 3.70. The molecule has 140 valence electrons. The van der Waals surface area contributed by atoms with E-state index in [0.717, 1.165) is 25.0 Å². The van der Waals surface area contributed by atoms with E-state index in [2.05, 4.69) is 11.8 Å². The molecule has 0 spiro atoms. The Morgan fingerprint density at radius 1 is 1.04 bits per heavy atom. The largest absolute Gasteiger partial charge is 0.406 e. The lowest BCUT2D eigenvalue weighted by atomic mass is 9.94. The molecule has 3 rings (SSSR count). The fourth-order valence-corrected chi connectivity index (χ4v) is 3.78. The van der Waals surface area contributed by atoms with Gasteiger partial charge in [-0.3, -0.25) is 4.79 Å². The molecule has 2 aromatic carbocycles. The molecule has 2 aromatic rings. The van der Waals surface area contributed by atoms with Crippen molar-refractivity contribution >= 4 is 15.6 Å². The number of halogens is 2. The number of rotatable bonds is 6. The van der Waals surface area contributed by atoms with E-state index in [1.165, 1.54) is 18.2 Å². The number of benzene rings is 2. The lowest BCUT2D eigenvalue weighted by molar-refractivity contribution is -0.133. The summed E-state index contributed by atoms with van der Waals surface area (Å²) in [6.07, 6.45) is 1.25. The first-order valence-corrected chi connectivity index (χ1v) is 10.1. The predicted molar refractivity (Wildman–Crippen MR) is 97.9 cm³/mol. The number of Topliss-reactive ketones (excluding diaryl/α,β-unsaturated/α-hetero) is 1. The predicted octanol–water partition coefficient (Wildman–Crippen LogP) is 4.21. The van der Waals surface area contributed by atoms with Crippen molar-refractivity contribution in [1.82, 2.24) is 0 Å². The lowest BCUT2D eigenvalue weighted by Crippen LogP contribution is -2.38. The van der Waals surface area contributed by atoms with Crippen molar-refractivity contribution < 1.29 is 22.0 Å². The molecular weight excluding hydrogens is 370 g/mol. The number of hydrogen-bond acceptors (Lipinski definition) is 3. The Balaban J connectivity index is 1.87. The van der Waals surface area contributed by atoms with E-state index < -0.39 is 38.1 Å². The maximum absolute atomic E-state index is 14.6. The molecular formula is C21H18F2O3S. The third-order valence-electron chi connectivity index (χ3n) is 4.35. The van der Waals surface area contributed by atoms with E-state index in [0.29, 0.717) is 5.56 Å². The van der Waals surface area contributed by atoms with Crippen LogP contribution >= 0.6 is 0 Å². The normalized spacial score (nSPS) is 15.5. The Morgan fingerprint density at radius 3 is 2.15 bits per heavy atom. The van der Waals surface area contributed by atoms with Gasteiger partial charge in [0.25, 0.3) is 9.84 Å². The van der Waals surface area contributed by atoms with Crippen molar-refractivity contribution in [1.29, 1.82) is 0 Å². The first-order chi connectivity index (χ1) is 12.8. The molecule has 0 unspecified atom stereocenters. The van der Waals surface area contributed by atoms with Crippen LogP contribution in [0.4, 0.5) is 8.78 Å². The molecule has 27 heavy (non-hydrogen) atoms. The van der Waals surface area contributed by atoms with Crippen molar-refractivity contribution in [2.45, 2.75) is 35.3 Å². The number of hydrogen-bond donors (Lipinski definition) is 0. The van der Waals surface area contributed by atoms with Crippen LogP contribution in [0.3, 0.4) is 0 Å². The second kappa shape index (κ2) is 7.61. The molecule has 0 bridgehead atoms. The summed E-state index contributed by atoms with van der Waals surface area (Å²) in [7, 11) is -5.12. The average molecular weight is 388 g/mol. The fraction of sp³-hybridized carbons (Fsp3) is 0.286. The van der Waals surface area contributed by atoms with Gasteiger partial charge < -0.3 is 0 Å². The van der Waals surface area contributed by atoms with Crippen molar-refractivity contribution in [3.05, 3.63) is 66.2 Å². The summed E-state index contributed by atoms with van der Waals surface area (Å²) in [6, 6.07) is 14.9. The van der Waals surface area contributed by atoms with Gasteiger partial charge in [0, 0.05) is 12.3 Å². The minimum Gasteiger partial charge on any atom is -0.292 e. The Morgan fingerprint density at radius 2 is 1.59 bits per heavy atom. The van der Waals surface area contributed by atoms with Crippen molar-refractivity contribution in [2.24, 2.45) is 5.92 Å². The number of carbonyl (C=O) groups is 1. The molecule has 0 radical (unpaired) electrons. The molecule has 1 fully saturated rings. The number of ketones is 1. The molecule has 0 amide bonds. The Bertz CT molecular complexity index is 970. The van der Waals surface area contributed by atoms with Crippen molar-refractivity contribution in [2.75, 3.05) is 0 Å². The molecule has 0 heterocycles. The van der Waals surface area contributed by atoms with Gasteiger partial charge >= 0.3 is 5.25 Å². The van der Waals surface area contributed by atoms with Crippen LogP contribution in [0.25, 0.3) is 0 Å². The van der Waals surface area contributed by atoms with Gasteiger partial charge in [-0.25, -0.2) is 8.42 Å². The van der Waals surface area contributed by atoms with Crippen molar-refractivity contribution in [3.63, 3.8) is 0 Å². The highest BCUT2D eigenvalue weighted by Gasteiger charge is 2.53. The van der Waals surface area contributed by atoms with E-state index in [9.17, 15) is 22.0 Å². The van der Waals surface area contributed by atoms with Crippen LogP contribution in [0.5, 0.6) is 0 Å². The molecule has 1 aliphatic carbocycles. The summed E-state index contributed by atoms with van der Waals surface area (Å²) < 4.78 is 53.7. The first-order valence-electron chi connectivity index (χ1n) is 8.59. The smallest absolute Gasteiger partial charge is 0.292 e. The van der Waals surface area contributed by atoms with Crippen LogP contribution < -0.4 is 0 Å². The van der Waals surface area contributed by atoms with E-state index in [4.69, 9.17) is 0 Å². The SMILES string of the molecule is O=C(C[C@@H](C#CC1CC1)c1ccccc1)C(F)(F)S(=O)(=O)c1ccccc1. The highest BCUT2D eigenvalue weighted by atomic mass is 32.2. The van der Waals surface area contributed by atoms with Crippen LogP contribution in [0, 0.1) is 17.8 Å². The second-order valence-electron chi connectivity index (χ2n) is 6.49. The molecule has 1 saturated carbocycles. The molecule has 6 heteroatoms. The van der Waals surface area contributed by atoms with Crippen molar-refractivity contribution in [3.8, 4) is 11.8 Å². The van der Waals surface area contributed by atoms with E-state index in [1.807, 2.05) is 0 Å². The monoisotopic (exact) mass is 388 g/mol. The Labute approximate surface area is 157 Å². The molecule has 3 nitrogen and oxygen atoms in total. The van der Waals surface area contributed by atoms with Gasteiger partial charge in [-0.15, -0.1) is 0 Å². The maximum Gasteiger partial charge on any atom is 0.406 e. The number of alkyl halides is 2. The quantitative estimate of drug-likeness (QED) is 0.697. The summed E-state index contributed by atoms with van der Waals surface area (Å²) in [4.78, 5) is 11.8. The number of carbonyl (C=O) groups excluding carboxylic acids is 1.